The number of carbonyl (C=O) groups is 1. The van der Waals surface area contributed by atoms with Gasteiger partial charge in [-0.25, -0.2) is 0 Å². The largest absolute Gasteiger partial charge is 0.493 e. The van der Waals surface area contributed by atoms with Crippen molar-refractivity contribution in [3.63, 3.8) is 0 Å². The van der Waals surface area contributed by atoms with Crippen molar-refractivity contribution < 1.29 is 9.53 Å². The summed E-state index contributed by atoms with van der Waals surface area (Å²) in [5.41, 5.74) is 2.08. The zero-order valence-corrected chi connectivity index (χ0v) is 11.6. The van der Waals surface area contributed by atoms with Gasteiger partial charge in [-0.2, -0.15) is 0 Å². The summed E-state index contributed by atoms with van der Waals surface area (Å²) in [4.78, 5) is 12.0. The Balaban J connectivity index is 0.00000133. The van der Waals surface area contributed by atoms with Gasteiger partial charge < -0.3 is 15.4 Å². The van der Waals surface area contributed by atoms with Gasteiger partial charge >= 0.3 is 0 Å². The molecule has 1 atom stereocenters. The fraction of sp³-hybridized carbons (Fsp3) is 0.500. The van der Waals surface area contributed by atoms with Crippen LogP contribution in [0.5, 0.6) is 5.75 Å². The van der Waals surface area contributed by atoms with Crippen LogP contribution in [0.2, 0.25) is 0 Å². The zero-order valence-electron chi connectivity index (χ0n) is 10.8. The van der Waals surface area contributed by atoms with Crippen molar-refractivity contribution in [3.05, 3.63) is 23.8 Å². The average molecular weight is 283 g/mol. The molecule has 0 bridgehead atoms. The number of halogens is 1. The lowest BCUT2D eigenvalue weighted by molar-refractivity contribution is -0.119. The predicted octanol–water partition coefficient (Wildman–Crippen LogP) is 1.98. The summed E-state index contributed by atoms with van der Waals surface area (Å²) in [5.74, 6) is 1.19. The minimum atomic E-state index is 0. The fourth-order valence-corrected chi connectivity index (χ4v) is 2.56. The number of benzene rings is 1. The molecule has 0 spiro atoms. The van der Waals surface area contributed by atoms with Crippen LogP contribution in [0, 0.1) is 5.92 Å². The number of hydrogen-bond donors (Lipinski definition) is 2. The average Bonchev–Trinajstić information content (AvgIpc) is 2.92. The van der Waals surface area contributed by atoms with Crippen LogP contribution in [-0.2, 0) is 11.2 Å². The highest BCUT2D eigenvalue weighted by Gasteiger charge is 2.22. The van der Waals surface area contributed by atoms with Gasteiger partial charge in [0.25, 0.3) is 0 Å². The first kappa shape index (κ1) is 14.2. The molecule has 4 nitrogen and oxygen atoms in total. The Kier molecular flexibility index (Phi) is 4.66. The third kappa shape index (κ3) is 3.19. The normalized spacial score (nSPS) is 20.9. The molecular weight excluding hydrogens is 264 g/mol. The van der Waals surface area contributed by atoms with E-state index in [-0.39, 0.29) is 24.2 Å². The monoisotopic (exact) mass is 282 g/mol. The minimum absolute atomic E-state index is 0. The molecule has 0 radical (unpaired) electrons. The number of fused-ring (bicyclic) bond motifs is 1. The van der Waals surface area contributed by atoms with Crippen LogP contribution in [0.4, 0.5) is 5.69 Å². The van der Waals surface area contributed by atoms with Crippen LogP contribution in [0.3, 0.4) is 0 Å². The molecular formula is C14H19ClN2O2. The van der Waals surface area contributed by atoms with Crippen LogP contribution in [0.25, 0.3) is 0 Å². The highest BCUT2D eigenvalue weighted by Crippen LogP contribution is 2.27. The lowest BCUT2D eigenvalue weighted by Crippen LogP contribution is -2.24. The maximum absolute atomic E-state index is 12.0. The van der Waals surface area contributed by atoms with Crippen LogP contribution in [0.1, 0.15) is 18.4 Å². The van der Waals surface area contributed by atoms with E-state index < -0.39 is 0 Å². The van der Waals surface area contributed by atoms with Crippen LogP contribution in [0.15, 0.2) is 18.2 Å². The van der Waals surface area contributed by atoms with Crippen molar-refractivity contribution in [1.29, 1.82) is 0 Å². The summed E-state index contributed by atoms with van der Waals surface area (Å²) in [6.45, 7) is 2.53. The van der Waals surface area contributed by atoms with Gasteiger partial charge in [-0.1, -0.05) is 0 Å². The topological polar surface area (TPSA) is 50.4 Å². The summed E-state index contributed by atoms with van der Waals surface area (Å²) in [6, 6.07) is 5.91. The van der Waals surface area contributed by atoms with E-state index in [1.54, 1.807) is 0 Å². The molecule has 1 aromatic carbocycles. The summed E-state index contributed by atoms with van der Waals surface area (Å²) in [6.07, 6.45) is 3.01. The molecule has 2 N–H and O–H groups in total. The zero-order chi connectivity index (χ0) is 12.4. The molecule has 1 amide bonds. The van der Waals surface area contributed by atoms with E-state index in [9.17, 15) is 4.79 Å². The van der Waals surface area contributed by atoms with Gasteiger partial charge in [-0.05, 0) is 49.6 Å². The van der Waals surface area contributed by atoms with Crippen molar-refractivity contribution in [2.24, 2.45) is 5.92 Å². The van der Waals surface area contributed by atoms with E-state index in [0.717, 1.165) is 50.4 Å². The molecule has 1 saturated heterocycles. The molecule has 0 aliphatic carbocycles. The van der Waals surface area contributed by atoms with Crippen molar-refractivity contribution >= 4 is 24.0 Å². The molecule has 2 aliphatic heterocycles. The quantitative estimate of drug-likeness (QED) is 0.872. The standard InChI is InChI=1S/C14H18N2O2.ClH/c17-14(11-5-6-15-9-11)16-12-3-4-13-10(8-12)2-1-7-18-13;/h3-4,8,11,15H,1-2,5-7,9H2,(H,16,17);1H. The summed E-state index contributed by atoms with van der Waals surface area (Å²) in [5, 5.41) is 6.21. The van der Waals surface area contributed by atoms with Gasteiger partial charge in [0.1, 0.15) is 5.75 Å². The van der Waals surface area contributed by atoms with E-state index in [1.807, 2.05) is 18.2 Å². The predicted molar refractivity (Wildman–Crippen MR) is 77.1 cm³/mol. The van der Waals surface area contributed by atoms with Gasteiger partial charge in [0.15, 0.2) is 0 Å². The van der Waals surface area contributed by atoms with E-state index in [2.05, 4.69) is 10.6 Å². The van der Waals surface area contributed by atoms with E-state index in [4.69, 9.17) is 4.74 Å². The van der Waals surface area contributed by atoms with Crippen LogP contribution < -0.4 is 15.4 Å². The number of rotatable bonds is 2. The molecule has 1 fully saturated rings. The Labute approximate surface area is 119 Å². The van der Waals surface area contributed by atoms with Crippen molar-refractivity contribution in [1.82, 2.24) is 5.32 Å². The van der Waals surface area contributed by atoms with E-state index in [1.165, 1.54) is 5.56 Å². The van der Waals surface area contributed by atoms with Crippen molar-refractivity contribution in [3.8, 4) is 5.75 Å². The second-order valence-electron chi connectivity index (χ2n) is 4.95. The minimum Gasteiger partial charge on any atom is -0.493 e. The highest BCUT2D eigenvalue weighted by molar-refractivity contribution is 5.93. The number of nitrogens with one attached hydrogen (secondary N) is 2. The Bertz CT molecular complexity index is 459. The second kappa shape index (κ2) is 6.26. The summed E-state index contributed by atoms with van der Waals surface area (Å²) >= 11 is 0. The summed E-state index contributed by atoms with van der Waals surface area (Å²) in [7, 11) is 0. The number of hydrogen-bond acceptors (Lipinski definition) is 3. The fourth-order valence-electron chi connectivity index (χ4n) is 2.56. The maximum Gasteiger partial charge on any atom is 0.228 e. The molecule has 3 rings (SSSR count). The van der Waals surface area contributed by atoms with Gasteiger partial charge in [0.2, 0.25) is 5.91 Å². The second-order valence-corrected chi connectivity index (χ2v) is 4.95. The Hall–Kier alpha value is -1.26. The SMILES string of the molecule is Cl.O=C(Nc1ccc2c(c1)CCCO2)C1CCNC1. The Morgan fingerprint density at radius 1 is 1.42 bits per heavy atom. The van der Waals surface area contributed by atoms with Gasteiger partial charge in [-0.3, -0.25) is 4.79 Å². The first-order valence-electron chi connectivity index (χ1n) is 6.60. The number of amides is 1. The molecule has 2 aliphatic rings. The number of aryl methyl sites for hydroxylation is 1. The van der Waals surface area contributed by atoms with Crippen LogP contribution >= 0.6 is 12.4 Å². The highest BCUT2D eigenvalue weighted by atomic mass is 35.5. The summed E-state index contributed by atoms with van der Waals surface area (Å²) < 4.78 is 5.56. The first-order chi connectivity index (χ1) is 8.83. The van der Waals surface area contributed by atoms with Crippen LogP contribution in [-0.4, -0.2) is 25.6 Å². The van der Waals surface area contributed by atoms with Gasteiger partial charge in [0.05, 0.1) is 12.5 Å². The van der Waals surface area contributed by atoms with Gasteiger partial charge in [0, 0.05) is 12.2 Å². The Morgan fingerprint density at radius 2 is 2.32 bits per heavy atom. The van der Waals surface area contributed by atoms with Crippen molar-refractivity contribution in [2.45, 2.75) is 19.3 Å². The Morgan fingerprint density at radius 3 is 3.11 bits per heavy atom. The molecule has 1 unspecified atom stereocenters. The van der Waals surface area contributed by atoms with Crippen molar-refractivity contribution in [2.75, 3.05) is 25.0 Å². The molecule has 0 saturated carbocycles. The molecule has 1 aromatic rings. The lowest BCUT2D eigenvalue weighted by Gasteiger charge is -2.18. The molecule has 19 heavy (non-hydrogen) atoms. The van der Waals surface area contributed by atoms with Gasteiger partial charge in [-0.15, -0.1) is 12.4 Å². The third-order valence-corrected chi connectivity index (χ3v) is 3.61. The number of ether oxygens (including phenoxy) is 1. The molecule has 2 heterocycles. The number of carbonyl (C=O) groups excluding carboxylic acids is 1. The molecule has 104 valence electrons. The lowest BCUT2D eigenvalue weighted by atomic mass is 10.0. The smallest absolute Gasteiger partial charge is 0.228 e. The van der Waals surface area contributed by atoms with E-state index in [0.29, 0.717) is 0 Å². The first-order valence-corrected chi connectivity index (χ1v) is 6.60. The maximum atomic E-state index is 12.0. The molecule has 5 heteroatoms. The third-order valence-electron chi connectivity index (χ3n) is 3.61. The van der Waals surface area contributed by atoms with E-state index >= 15 is 0 Å². The molecule has 0 aromatic heterocycles. The number of anilines is 1.